The number of alkyl halides is 1. The maximum Gasteiger partial charge on any atom is 0.327 e. The number of halogens is 1. The number of hydrogen-bond donors (Lipinski definition) is 0. The van der Waals surface area contributed by atoms with E-state index in [9.17, 15) is 9.59 Å². The van der Waals surface area contributed by atoms with Crippen LogP contribution in [0.2, 0.25) is 0 Å². The van der Waals surface area contributed by atoms with Gasteiger partial charge in [0, 0.05) is 18.3 Å². The lowest BCUT2D eigenvalue weighted by molar-refractivity contribution is -0.145. The van der Waals surface area contributed by atoms with E-state index in [0.29, 0.717) is 11.0 Å². The van der Waals surface area contributed by atoms with E-state index >= 15 is 0 Å². The summed E-state index contributed by atoms with van der Waals surface area (Å²) in [4.78, 5) is 25.9. The van der Waals surface area contributed by atoms with Crippen molar-refractivity contribution in [2.24, 2.45) is 0 Å². The highest BCUT2D eigenvalue weighted by Gasteiger charge is 2.36. The third kappa shape index (κ3) is 4.98. The molecule has 2 rings (SSSR count). The number of allylic oxidation sites excluding steroid dienone is 4. The third-order valence-electron chi connectivity index (χ3n) is 4.40. The van der Waals surface area contributed by atoms with Crippen molar-refractivity contribution in [3.8, 4) is 0 Å². The van der Waals surface area contributed by atoms with Gasteiger partial charge in [-0.15, -0.1) is 11.6 Å². The summed E-state index contributed by atoms with van der Waals surface area (Å²) in [5.41, 5.74) is 0.916. The van der Waals surface area contributed by atoms with E-state index in [4.69, 9.17) is 16.3 Å². The van der Waals surface area contributed by atoms with Crippen LogP contribution in [-0.2, 0) is 14.3 Å². The Morgan fingerprint density at radius 3 is 2.79 bits per heavy atom. The zero-order valence-electron chi connectivity index (χ0n) is 13.9. The molecule has 6 heteroatoms. The quantitative estimate of drug-likeness (QED) is 0.392. The number of rotatable bonds is 7. The first-order valence-electron chi connectivity index (χ1n) is 8.16. The molecule has 2 aliphatic rings. The summed E-state index contributed by atoms with van der Waals surface area (Å²) < 4.78 is 5.02. The summed E-state index contributed by atoms with van der Waals surface area (Å²) in [6.07, 6.45) is 9.89. The number of methoxy groups -OCH3 is 1. The number of ketones is 1. The van der Waals surface area contributed by atoms with Crippen LogP contribution >= 0.6 is 23.4 Å². The van der Waals surface area contributed by atoms with E-state index in [2.05, 4.69) is 11.5 Å². The lowest BCUT2D eigenvalue weighted by Crippen LogP contribution is -2.49. The summed E-state index contributed by atoms with van der Waals surface area (Å²) in [6, 6.07) is -0.414. The van der Waals surface area contributed by atoms with E-state index in [1.807, 2.05) is 18.2 Å². The average Bonchev–Trinajstić information content (AvgIpc) is 2.62. The van der Waals surface area contributed by atoms with Gasteiger partial charge in [-0.25, -0.2) is 4.79 Å². The minimum absolute atomic E-state index is 0.0685. The minimum atomic E-state index is -0.414. The van der Waals surface area contributed by atoms with Crippen molar-refractivity contribution >= 4 is 35.1 Å². The summed E-state index contributed by atoms with van der Waals surface area (Å²) in [5.74, 6) is 0.294. The number of ether oxygens (including phenoxy) is 1. The molecular formula is C18H24ClNO3S. The second-order valence-electron chi connectivity index (χ2n) is 5.94. The highest BCUT2D eigenvalue weighted by atomic mass is 35.5. The third-order valence-corrected chi connectivity index (χ3v) is 6.22. The first-order chi connectivity index (χ1) is 11.6. The number of nitrogens with zero attached hydrogens (tertiary/aromatic N) is 1. The van der Waals surface area contributed by atoms with Crippen molar-refractivity contribution < 1.29 is 14.3 Å². The van der Waals surface area contributed by atoms with Crippen molar-refractivity contribution in [1.82, 2.24) is 4.90 Å². The molecule has 1 saturated heterocycles. The van der Waals surface area contributed by atoms with Gasteiger partial charge in [-0.1, -0.05) is 24.8 Å². The zero-order valence-corrected chi connectivity index (χ0v) is 15.5. The Balaban J connectivity index is 1.99. The Morgan fingerprint density at radius 1 is 1.50 bits per heavy atom. The van der Waals surface area contributed by atoms with Crippen LogP contribution in [0.4, 0.5) is 0 Å². The van der Waals surface area contributed by atoms with Gasteiger partial charge in [0.2, 0.25) is 0 Å². The molecule has 2 atom stereocenters. The molecule has 1 aliphatic carbocycles. The summed E-state index contributed by atoms with van der Waals surface area (Å²) >= 11 is 8.10. The van der Waals surface area contributed by atoms with Gasteiger partial charge in [0.15, 0.2) is 5.78 Å². The zero-order chi connectivity index (χ0) is 17.5. The smallest absolute Gasteiger partial charge is 0.327 e. The molecule has 1 fully saturated rings. The van der Waals surface area contributed by atoms with Gasteiger partial charge in [-0.2, -0.15) is 11.8 Å². The monoisotopic (exact) mass is 369 g/mol. The normalized spacial score (nSPS) is 23.4. The van der Waals surface area contributed by atoms with E-state index in [0.717, 1.165) is 37.9 Å². The fourth-order valence-electron chi connectivity index (χ4n) is 3.05. The van der Waals surface area contributed by atoms with Gasteiger partial charge in [-0.3, -0.25) is 9.69 Å². The highest BCUT2D eigenvalue weighted by Crippen LogP contribution is 2.30. The predicted octanol–water partition coefficient (Wildman–Crippen LogP) is 2.97. The highest BCUT2D eigenvalue weighted by molar-refractivity contribution is 8.00. The van der Waals surface area contributed by atoms with Crippen LogP contribution < -0.4 is 0 Å². The molecule has 0 amide bonds. The number of thioether (sulfide) groups is 1. The largest absolute Gasteiger partial charge is 0.468 e. The lowest BCUT2D eigenvalue weighted by atomic mass is 9.94. The van der Waals surface area contributed by atoms with Gasteiger partial charge in [0.1, 0.15) is 6.04 Å². The van der Waals surface area contributed by atoms with Crippen LogP contribution in [0.25, 0.3) is 0 Å². The van der Waals surface area contributed by atoms with Gasteiger partial charge < -0.3 is 4.74 Å². The Labute approximate surface area is 152 Å². The Kier molecular flexibility index (Phi) is 7.59. The lowest BCUT2D eigenvalue weighted by Gasteiger charge is -2.38. The van der Waals surface area contributed by atoms with Crippen molar-refractivity contribution in [1.29, 1.82) is 0 Å². The fourth-order valence-corrected chi connectivity index (χ4v) is 4.40. The van der Waals surface area contributed by atoms with Gasteiger partial charge in [0.25, 0.3) is 0 Å². The van der Waals surface area contributed by atoms with Gasteiger partial charge in [0.05, 0.1) is 18.2 Å². The Morgan fingerprint density at radius 2 is 2.21 bits per heavy atom. The molecule has 1 aliphatic heterocycles. The topological polar surface area (TPSA) is 46.6 Å². The maximum absolute atomic E-state index is 12.3. The van der Waals surface area contributed by atoms with E-state index in [1.54, 1.807) is 11.8 Å². The molecule has 4 nitrogen and oxygen atoms in total. The first-order valence-corrected chi connectivity index (χ1v) is 9.64. The second-order valence-corrected chi connectivity index (χ2v) is 7.76. The number of likely N-dealkylation sites (tertiary alicyclic amines) is 1. The molecule has 132 valence electrons. The molecule has 0 aromatic rings. The standard InChI is InChI=1S/C18H24ClNO3S/c1-3-13(21)12-24-14-8-10-20(11-9-14)17(18(22)23-2)15-6-4-5-7-16(15)19/h3-6,14,16-17H,1,7-12H2,2H3/t16?,17-/m0/s1. The van der Waals surface area contributed by atoms with Crippen molar-refractivity contribution in [2.75, 3.05) is 26.0 Å². The predicted molar refractivity (Wildman–Crippen MR) is 99.5 cm³/mol. The molecule has 0 aromatic heterocycles. The van der Waals surface area contributed by atoms with Crippen LogP contribution in [0.15, 0.2) is 36.5 Å². The van der Waals surface area contributed by atoms with E-state index in [1.165, 1.54) is 13.2 Å². The van der Waals surface area contributed by atoms with Crippen molar-refractivity contribution in [3.05, 3.63) is 36.5 Å². The molecular weight excluding hydrogens is 346 g/mol. The molecule has 0 spiro atoms. The molecule has 0 saturated carbocycles. The minimum Gasteiger partial charge on any atom is -0.468 e. The average molecular weight is 370 g/mol. The fraction of sp³-hybridized carbons (Fsp3) is 0.556. The summed E-state index contributed by atoms with van der Waals surface area (Å²) in [7, 11) is 1.42. The second kappa shape index (κ2) is 9.44. The Bertz CT molecular complexity index is 538. The number of hydrogen-bond acceptors (Lipinski definition) is 5. The molecule has 1 unspecified atom stereocenters. The molecule has 0 aromatic carbocycles. The van der Waals surface area contributed by atoms with Crippen LogP contribution in [-0.4, -0.2) is 59.3 Å². The maximum atomic E-state index is 12.3. The van der Waals surface area contributed by atoms with Gasteiger partial charge >= 0.3 is 5.97 Å². The Hall–Kier alpha value is -1.04. The van der Waals surface area contributed by atoms with Crippen molar-refractivity contribution in [3.63, 3.8) is 0 Å². The number of piperidine rings is 1. The van der Waals surface area contributed by atoms with Crippen LogP contribution in [0.3, 0.4) is 0 Å². The molecule has 0 bridgehead atoms. The van der Waals surface area contributed by atoms with Crippen LogP contribution in [0.1, 0.15) is 19.3 Å². The number of esters is 1. The van der Waals surface area contributed by atoms with Crippen LogP contribution in [0, 0.1) is 0 Å². The van der Waals surface area contributed by atoms with E-state index < -0.39 is 6.04 Å². The first kappa shape index (κ1) is 19.3. The van der Waals surface area contributed by atoms with Crippen molar-refractivity contribution in [2.45, 2.75) is 35.9 Å². The van der Waals surface area contributed by atoms with E-state index in [-0.39, 0.29) is 17.1 Å². The van der Waals surface area contributed by atoms with Gasteiger partial charge in [-0.05, 0) is 30.9 Å². The molecule has 0 radical (unpaired) electrons. The molecule has 24 heavy (non-hydrogen) atoms. The molecule has 0 N–H and O–H groups in total. The molecule has 1 heterocycles. The number of carbonyl (C=O) groups is 2. The number of carbonyl (C=O) groups excluding carboxylic acids is 2. The summed E-state index contributed by atoms with van der Waals surface area (Å²) in [6.45, 7) is 5.09. The SMILES string of the molecule is C=CC(=O)CSC1CCN([C@H](C(=O)OC)C2=CC=CCC2Cl)CC1. The van der Waals surface area contributed by atoms with Crippen LogP contribution in [0.5, 0.6) is 0 Å². The summed E-state index contributed by atoms with van der Waals surface area (Å²) in [5, 5.41) is 0.270.